The van der Waals surface area contributed by atoms with Crippen LogP contribution in [0.2, 0.25) is 10.0 Å². The van der Waals surface area contributed by atoms with Crippen LogP contribution in [0.3, 0.4) is 0 Å². The fraction of sp³-hybridized carbons (Fsp3) is 0.0909. The number of hydrogen-bond acceptors (Lipinski definition) is 2. The van der Waals surface area contributed by atoms with Gasteiger partial charge in [0.15, 0.2) is 5.82 Å². The number of halogens is 2. The van der Waals surface area contributed by atoms with Gasteiger partial charge in [0.1, 0.15) is 0 Å². The van der Waals surface area contributed by atoms with Crippen LogP contribution in [0.1, 0.15) is 21.5 Å². The molecule has 0 fully saturated rings. The Bertz CT molecular complexity index is 1190. The first-order valence-electron chi connectivity index (χ1n) is 8.74. The van der Waals surface area contributed by atoms with Crippen molar-refractivity contribution in [2.75, 3.05) is 5.32 Å². The van der Waals surface area contributed by atoms with E-state index in [1.54, 1.807) is 18.2 Å². The van der Waals surface area contributed by atoms with Crippen molar-refractivity contribution < 1.29 is 4.79 Å². The van der Waals surface area contributed by atoms with Crippen LogP contribution in [0.4, 0.5) is 5.82 Å². The van der Waals surface area contributed by atoms with Gasteiger partial charge in [-0.3, -0.25) is 9.89 Å². The van der Waals surface area contributed by atoms with Crippen LogP contribution in [-0.2, 0) is 0 Å². The molecule has 0 spiro atoms. The molecule has 0 aliphatic rings. The number of carbonyl (C=O) groups excluding carboxylic acids is 1. The van der Waals surface area contributed by atoms with E-state index < -0.39 is 0 Å². The number of anilines is 1. The Morgan fingerprint density at radius 2 is 1.71 bits per heavy atom. The van der Waals surface area contributed by atoms with Crippen LogP contribution < -0.4 is 5.32 Å². The van der Waals surface area contributed by atoms with E-state index in [0.717, 1.165) is 16.5 Å². The molecule has 4 nitrogen and oxygen atoms in total. The molecule has 0 aliphatic carbocycles. The summed E-state index contributed by atoms with van der Waals surface area (Å²) in [4.78, 5) is 12.5. The minimum absolute atomic E-state index is 0.323. The molecule has 140 valence electrons. The largest absolute Gasteiger partial charge is 0.305 e. The maximum atomic E-state index is 12.5. The third kappa shape index (κ3) is 3.61. The molecule has 0 atom stereocenters. The Hall–Kier alpha value is -2.82. The number of carbonyl (C=O) groups is 1. The second-order valence-electron chi connectivity index (χ2n) is 6.76. The van der Waals surface area contributed by atoms with Gasteiger partial charge in [0.2, 0.25) is 0 Å². The third-order valence-corrected chi connectivity index (χ3v) is 5.06. The summed E-state index contributed by atoms with van der Waals surface area (Å²) in [5, 5.41) is 11.7. The first-order valence-corrected chi connectivity index (χ1v) is 9.49. The van der Waals surface area contributed by atoms with Crippen molar-refractivity contribution >= 4 is 45.8 Å². The van der Waals surface area contributed by atoms with E-state index in [0.29, 0.717) is 21.4 Å². The molecule has 0 aliphatic heterocycles. The lowest BCUT2D eigenvalue weighted by molar-refractivity contribution is 0.102. The molecule has 3 aromatic carbocycles. The highest BCUT2D eigenvalue weighted by atomic mass is 35.5. The van der Waals surface area contributed by atoms with Crippen molar-refractivity contribution in [1.29, 1.82) is 0 Å². The van der Waals surface area contributed by atoms with Gasteiger partial charge in [-0.25, -0.2) is 0 Å². The summed E-state index contributed by atoms with van der Waals surface area (Å²) in [7, 11) is 0. The SMILES string of the molecule is Cc1ccc(C)c(-c2ccc3c(NC(=O)c4cc(Cl)cc(Cl)c4)n[nH]c3c2)c1. The summed E-state index contributed by atoms with van der Waals surface area (Å²) in [6.07, 6.45) is 0. The second kappa shape index (κ2) is 7.30. The zero-order valence-corrected chi connectivity index (χ0v) is 16.8. The van der Waals surface area contributed by atoms with Crippen LogP contribution in [0.25, 0.3) is 22.0 Å². The lowest BCUT2D eigenvalue weighted by Crippen LogP contribution is -2.12. The third-order valence-electron chi connectivity index (χ3n) is 4.62. The molecule has 6 heteroatoms. The zero-order chi connectivity index (χ0) is 19.8. The van der Waals surface area contributed by atoms with Gasteiger partial charge in [-0.1, -0.05) is 53.0 Å². The van der Waals surface area contributed by atoms with Crippen molar-refractivity contribution in [3.05, 3.63) is 81.3 Å². The van der Waals surface area contributed by atoms with Gasteiger partial charge in [-0.05, 0) is 60.9 Å². The Labute approximate surface area is 172 Å². The number of nitrogens with one attached hydrogen (secondary N) is 2. The van der Waals surface area contributed by atoms with Gasteiger partial charge >= 0.3 is 0 Å². The Morgan fingerprint density at radius 1 is 0.964 bits per heavy atom. The lowest BCUT2D eigenvalue weighted by atomic mass is 9.98. The van der Waals surface area contributed by atoms with Crippen molar-refractivity contribution in [2.45, 2.75) is 13.8 Å². The summed E-state index contributed by atoms with van der Waals surface area (Å²) >= 11 is 12.0. The monoisotopic (exact) mass is 409 g/mol. The Kier molecular flexibility index (Phi) is 4.84. The summed E-state index contributed by atoms with van der Waals surface area (Å²) in [6.45, 7) is 4.17. The molecule has 1 heterocycles. The Balaban J connectivity index is 1.66. The number of aryl methyl sites for hydroxylation is 2. The van der Waals surface area contributed by atoms with Crippen molar-refractivity contribution in [1.82, 2.24) is 10.2 Å². The normalized spacial score (nSPS) is 11.0. The maximum absolute atomic E-state index is 12.5. The smallest absolute Gasteiger partial charge is 0.256 e. The highest BCUT2D eigenvalue weighted by Crippen LogP contribution is 2.30. The van der Waals surface area contributed by atoms with Crippen LogP contribution in [0.5, 0.6) is 0 Å². The minimum atomic E-state index is -0.323. The maximum Gasteiger partial charge on any atom is 0.256 e. The topological polar surface area (TPSA) is 57.8 Å². The first kappa shape index (κ1) is 18.5. The molecule has 28 heavy (non-hydrogen) atoms. The number of H-pyrrole nitrogens is 1. The number of benzene rings is 3. The highest BCUT2D eigenvalue weighted by molar-refractivity contribution is 6.35. The molecular weight excluding hydrogens is 393 g/mol. The van der Waals surface area contributed by atoms with Crippen molar-refractivity contribution in [2.24, 2.45) is 0 Å². The predicted molar refractivity (Wildman–Crippen MR) is 115 cm³/mol. The average molecular weight is 410 g/mol. The first-order chi connectivity index (χ1) is 13.4. The van der Waals surface area contributed by atoms with Crippen molar-refractivity contribution in [3.8, 4) is 11.1 Å². The highest BCUT2D eigenvalue weighted by Gasteiger charge is 2.13. The molecule has 4 aromatic rings. The molecule has 0 unspecified atom stereocenters. The summed E-state index contributed by atoms with van der Waals surface area (Å²) in [6, 6.07) is 17.1. The van der Waals surface area contributed by atoms with Gasteiger partial charge in [0.25, 0.3) is 5.91 Å². The zero-order valence-electron chi connectivity index (χ0n) is 15.3. The molecule has 0 saturated carbocycles. The molecule has 4 rings (SSSR count). The second-order valence-corrected chi connectivity index (χ2v) is 7.64. The van der Waals surface area contributed by atoms with Gasteiger partial charge in [-0.2, -0.15) is 5.10 Å². The summed E-state index contributed by atoms with van der Waals surface area (Å²) in [5.41, 5.74) is 5.90. The summed E-state index contributed by atoms with van der Waals surface area (Å²) in [5.74, 6) is 0.139. The minimum Gasteiger partial charge on any atom is -0.305 e. The van der Waals surface area contributed by atoms with E-state index in [1.807, 2.05) is 18.2 Å². The van der Waals surface area contributed by atoms with Gasteiger partial charge in [0.05, 0.1) is 5.52 Å². The van der Waals surface area contributed by atoms with E-state index in [9.17, 15) is 4.79 Å². The number of nitrogens with zero attached hydrogens (tertiary/aromatic N) is 1. The van der Waals surface area contributed by atoms with Crippen LogP contribution in [0, 0.1) is 13.8 Å². The van der Waals surface area contributed by atoms with E-state index >= 15 is 0 Å². The molecule has 1 aromatic heterocycles. The number of rotatable bonds is 3. The number of aromatic nitrogens is 2. The number of amides is 1. The van der Waals surface area contributed by atoms with Gasteiger partial charge < -0.3 is 5.32 Å². The fourth-order valence-corrected chi connectivity index (χ4v) is 3.72. The van der Waals surface area contributed by atoms with E-state index in [-0.39, 0.29) is 5.91 Å². The molecule has 0 radical (unpaired) electrons. The van der Waals surface area contributed by atoms with Gasteiger partial charge in [0, 0.05) is 21.0 Å². The predicted octanol–water partition coefficient (Wildman–Crippen LogP) is 6.41. The average Bonchev–Trinajstić information content (AvgIpc) is 3.05. The fourth-order valence-electron chi connectivity index (χ4n) is 3.19. The number of aromatic amines is 1. The van der Waals surface area contributed by atoms with Crippen molar-refractivity contribution in [3.63, 3.8) is 0 Å². The van der Waals surface area contributed by atoms with E-state index in [4.69, 9.17) is 23.2 Å². The van der Waals surface area contributed by atoms with Crippen LogP contribution in [-0.4, -0.2) is 16.1 Å². The number of fused-ring (bicyclic) bond motifs is 1. The summed E-state index contributed by atoms with van der Waals surface area (Å²) < 4.78 is 0. The quantitative estimate of drug-likeness (QED) is 0.410. The Morgan fingerprint density at radius 3 is 2.46 bits per heavy atom. The number of hydrogen-bond donors (Lipinski definition) is 2. The molecule has 2 N–H and O–H groups in total. The van der Waals surface area contributed by atoms with E-state index in [2.05, 4.69) is 47.6 Å². The lowest BCUT2D eigenvalue weighted by Gasteiger charge is -2.08. The molecular formula is C22H17Cl2N3O. The van der Waals surface area contributed by atoms with Gasteiger partial charge in [-0.15, -0.1) is 0 Å². The standard InChI is InChI=1S/C22H17Cl2N3O/c1-12-3-4-13(2)19(7-12)14-5-6-18-20(10-14)26-27-21(18)25-22(28)15-8-16(23)11-17(24)9-15/h3-11H,1-2H3,(H2,25,26,27,28). The molecule has 0 bridgehead atoms. The van der Waals surface area contributed by atoms with Crippen LogP contribution in [0.15, 0.2) is 54.6 Å². The van der Waals surface area contributed by atoms with Crippen LogP contribution >= 0.6 is 23.2 Å². The molecule has 1 amide bonds. The van der Waals surface area contributed by atoms with E-state index in [1.165, 1.54) is 16.7 Å². The molecule has 0 saturated heterocycles.